The molecule has 0 aliphatic rings. The van der Waals surface area contributed by atoms with Crippen molar-refractivity contribution in [1.82, 2.24) is 0 Å². The van der Waals surface area contributed by atoms with Gasteiger partial charge in [0.15, 0.2) is 0 Å². The number of hydrogen-bond acceptors (Lipinski definition) is 2. The predicted molar refractivity (Wildman–Crippen MR) is 94.2 cm³/mol. The van der Waals surface area contributed by atoms with Crippen molar-refractivity contribution in [2.45, 2.75) is 26.2 Å². The van der Waals surface area contributed by atoms with E-state index >= 15 is 0 Å². The minimum Gasteiger partial charge on any atom is -0.490 e. The van der Waals surface area contributed by atoms with E-state index in [0.29, 0.717) is 5.41 Å². The fourth-order valence-electron chi connectivity index (χ4n) is 1.85. The van der Waals surface area contributed by atoms with Gasteiger partial charge in [-0.05, 0) is 22.6 Å². The second-order valence-electron chi connectivity index (χ2n) is 6.04. The normalized spacial score (nSPS) is 11.2. The zero-order valence-electron chi connectivity index (χ0n) is 14.1. The molecule has 2 rings (SSSR count). The molecule has 1 N–H and O–H groups in total. The van der Waals surface area contributed by atoms with Crippen molar-refractivity contribution in [3.63, 3.8) is 0 Å². The second kappa shape index (κ2) is 8.79. The van der Waals surface area contributed by atoms with E-state index in [1.165, 1.54) is 18.7 Å². The molecule has 0 bridgehead atoms. The van der Waals surface area contributed by atoms with Gasteiger partial charge in [-0.1, -0.05) is 81.4 Å². The van der Waals surface area contributed by atoms with Crippen LogP contribution in [0.5, 0.6) is 0 Å². The summed E-state index contributed by atoms with van der Waals surface area (Å²) in [5.74, 6) is -1.13. The minimum atomic E-state index is -1.06. The molecule has 3 nitrogen and oxygen atoms in total. The lowest BCUT2D eigenvalue weighted by Gasteiger charge is -2.18. The molecule has 3 heteroatoms. The molecule has 0 heterocycles. The molecule has 0 unspecified atom stereocenters. The Morgan fingerprint density at radius 2 is 1.43 bits per heavy atom. The fraction of sp³-hybridized carbons (Fsp3) is 0.250. The minimum absolute atomic E-state index is 0.0637. The van der Waals surface area contributed by atoms with Crippen molar-refractivity contribution in [1.29, 1.82) is 0 Å². The van der Waals surface area contributed by atoms with Gasteiger partial charge in [0.1, 0.15) is 0 Å². The molecule has 0 radical (unpaired) electrons. The third kappa shape index (κ3) is 6.83. The smallest absolute Gasteiger partial charge is 0.371 e. The molecule has 0 aromatic heterocycles. The van der Waals surface area contributed by atoms with Crippen molar-refractivity contribution in [3.8, 4) is 0 Å². The summed E-state index contributed by atoms with van der Waals surface area (Å²) in [5, 5.41) is 8.64. The quantitative estimate of drug-likeness (QED) is 0.657. The van der Waals surface area contributed by atoms with E-state index in [1.807, 2.05) is 30.3 Å². The van der Waals surface area contributed by atoms with Crippen LogP contribution in [0.25, 0.3) is 6.08 Å². The number of aliphatic carboxylic acids is 1. The third-order valence-electron chi connectivity index (χ3n) is 3.17. The largest absolute Gasteiger partial charge is 0.490 e. The molecule has 0 atom stereocenters. The first-order valence-electron chi connectivity index (χ1n) is 7.44. The van der Waals surface area contributed by atoms with Crippen LogP contribution in [0.3, 0.4) is 0 Å². The lowest BCUT2D eigenvalue weighted by molar-refractivity contribution is -0.135. The molecular formula is C20H24O3. The summed E-state index contributed by atoms with van der Waals surface area (Å²) in [7, 11) is 1.34. The Bertz CT molecular complexity index is 623. The lowest BCUT2D eigenvalue weighted by Crippen LogP contribution is -2.10. The van der Waals surface area contributed by atoms with E-state index in [4.69, 9.17) is 5.11 Å². The monoisotopic (exact) mass is 312 g/mol. The lowest BCUT2D eigenvalue weighted by atomic mass is 9.87. The molecule has 0 saturated heterocycles. The molecule has 0 spiro atoms. The van der Waals surface area contributed by atoms with Gasteiger partial charge in [0.05, 0.1) is 7.11 Å². The van der Waals surface area contributed by atoms with Crippen LogP contribution in [0.15, 0.2) is 66.4 Å². The maximum Gasteiger partial charge on any atom is 0.371 e. The Labute approximate surface area is 138 Å². The first-order chi connectivity index (χ1) is 10.8. The van der Waals surface area contributed by atoms with Gasteiger partial charge in [0.25, 0.3) is 0 Å². The highest BCUT2D eigenvalue weighted by molar-refractivity contribution is 5.89. The predicted octanol–water partition coefficient (Wildman–Crippen LogP) is 4.74. The highest BCUT2D eigenvalue weighted by atomic mass is 16.5. The van der Waals surface area contributed by atoms with Crippen LogP contribution in [0.1, 0.15) is 31.9 Å². The average Bonchev–Trinajstić information content (AvgIpc) is 2.54. The summed E-state index contributed by atoms with van der Waals surface area (Å²) in [6.45, 7) is 6.67. The number of hydrogen-bond donors (Lipinski definition) is 1. The van der Waals surface area contributed by atoms with Crippen molar-refractivity contribution in [2.75, 3.05) is 7.11 Å². The average molecular weight is 312 g/mol. The Balaban J connectivity index is 0.000000238. The SMILES string of the molecule is CC(C)(C)c1ccccc1.COC(=Cc1ccccc1)C(=O)O. The van der Waals surface area contributed by atoms with E-state index in [-0.39, 0.29) is 5.76 Å². The van der Waals surface area contributed by atoms with Gasteiger partial charge in [-0.2, -0.15) is 0 Å². The van der Waals surface area contributed by atoms with Crippen LogP contribution < -0.4 is 0 Å². The Kier molecular flexibility index (Phi) is 7.07. The van der Waals surface area contributed by atoms with E-state index in [9.17, 15) is 4.79 Å². The molecule has 2 aromatic rings. The zero-order valence-corrected chi connectivity index (χ0v) is 14.1. The fourth-order valence-corrected chi connectivity index (χ4v) is 1.85. The van der Waals surface area contributed by atoms with Gasteiger partial charge >= 0.3 is 5.97 Å². The van der Waals surface area contributed by atoms with Crippen LogP contribution in [-0.2, 0) is 14.9 Å². The molecule has 0 aliphatic heterocycles. The number of methoxy groups -OCH3 is 1. The van der Waals surface area contributed by atoms with Crippen LogP contribution >= 0.6 is 0 Å². The first-order valence-corrected chi connectivity index (χ1v) is 7.44. The van der Waals surface area contributed by atoms with Crippen LogP contribution in [0, 0.1) is 0 Å². The molecule has 2 aromatic carbocycles. The molecule has 0 fully saturated rings. The maximum atomic E-state index is 10.5. The third-order valence-corrected chi connectivity index (χ3v) is 3.17. The topological polar surface area (TPSA) is 46.5 Å². The van der Waals surface area contributed by atoms with Crippen molar-refractivity contribution in [3.05, 3.63) is 77.5 Å². The van der Waals surface area contributed by atoms with E-state index in [0.717, 1.165) is 5.56 Å². The molecule has 122 valence electrons. The molecule has 0 aliphatic carbocycles. The molecular weight excluding hydrogens is 288 g/mol. The number of rotatable bonds is 3. The number of ether oxygens (including phenoxy) is 1. The number of carboxylic acids is 1. The van der Waals surface area contributed by atoms with Crippen molar-refractivity contribution in [2.24, 2.45) is 0 Å². The molecule has 23 heavy (non-hydrogen) atoms. The highest BCUT2D eigenvalue weighted by Crippen LogP contribution is 2.20. The summed E-state index contributed by atoms with van der Waals surface area (Å²) in [4.78, 5) is 10.5. The highest BCUT2D eigenvalue weighted by Gasteiger charge is 2.11. The van der Waals surface area contributed by atoms with Gasteiger partial charge in [-0.3, -0.25) is 0 Å². The van der Waals surface area contributed by atoms with Gasteiger partial charge in [-0.15, -0.1) is 0 Å². The van der Waals surface area contributed by atoms with Gasteiger partial charge in [0.2, 0.25) is 5.76 Å². The Morgan fingerprint density at radius 3 is 1.78 bits per heavy atom. The van der Waals surface area contributed by atoms with Gasteiger partial charge in [0, 0.05) is 0 Å². The zero-order chi connectivity index (χ0) is 17.3. The van der Waals surface area contributed by atoms with E-state index in [2.05, 4.69) is 55.8 Å². The summed E-state index contributed by atoms with van der Waals surface area (Å²) in [6, 6.07) is 19.7. The number of carbonyl (C=O) groups is 1. The van der Waals surface area contributed by atoms with Gasteiger partial charge < -0.3 is 9.84 Å². The summed E-state index contributed by atoms with van der Waals surface area (Å²) in [6.07, 6.45) is 1.47. The van der Waals surface area contributed by atoms with Crippen molar-refractivity contribution >= 4 is 12.0 Å². The first kappa shape index (κ1) is 18.5. The van der Waals surface area contributed by atoms with Gasteiger partial charge in [-0.25, -0.2) is 4.79 Å². The maximum absolute atomic E-state index is 10.5. The molecule has 0 amide bonds. The number of benzene rings is 2. The van der Waals surface area contributed by atoms with Crippen LogP contribution in [0.4, 0.5) is 0 Å². The van der Waals surface area contributed by atoms with E-state index in [1.54, 1.807) is 0 Å². The van der Waals surface area contributed by atoms with E-state index < -0.39 is 5.97 Å². The Morgan fingerprint density at radius 1 is 0.957 bits per heavy atom. The van der Waals surface area contributed by atoms with Crippen LogP contribution in [-0.4, -0.2) is 18.2 Å². The number of carboxylic acid groups (broad SMARTS) is 1. The van der Waals surface area contributed by atoms with Crippen molar-refractivity contribution < 1.29 is 14.6 Å². The Hall–Kier alpha value is -2.55. The summed E-state index contributed by atoms with van der Waals surface area (Å²) < 4.78 is 4.68. The van der Waals surface area contributed by atoms with Crippen LogP contribution in [0.2, 0.25) is 0 Å². The second-order valence-corrected chi connectivity index (χ2v) is 6.04. The summed E-state index contributed by atoms with van der Waals surface area (Å²) in [5.41, 5.74) is 2.50. The summed E-state index contributed by atoms with van der Waals surface area (Å²) >= 11 is 0. The molecule has 0 saturated carbocycles. The standard InChI is InChI=1S/C10H10O3.C10H14/c1-13-9(10(11)12)7-8-5-3-2-4-6-8;1-10(2,3)9-7-5-4-6-8-9/h2-7H,1H3,(H,11,12);4-8H,1-3H3.